The molecule has 0 saturated carbocycles. The van der Waals surface area contributed by atoms with E-state index in [1.165, 1.54) is 40.0 Å². The highest BCUT2D eigenvalue weighted by Gasteiger charge is 2.16. The maximum Gasteiger partial charge on any atom is 0.143 e. The lowest BCUT2D eigenvalue weighted by molar-refractivity contribution is 0.795. The van der Waals surface area contributed by atoms with Crippen molar-refractivity contribution in [3.05, 3.63) is 70.9 Å². The molecule has 0 aliphatic heterocycles. The Morgan fingerprint density at radius 1 is 0.929 bits per heavy atom. The number of fused-ring (bicyclic) bond motifs is 1. The lowest BCUT2D eigenvalue weighted by atomic mass is 10.0. The highest BCUT2D eigenvalue weighted by molar-refractivity contribution is 7.19. The number of nitrogens with zero attached hydrogens (tertiary/aromatic N) is 2. The van der Waals surface area contributed by atoms with E-state index in [1.54, 1.807) is 17.7 Å². The monoisotopic (exact) mass is 387 g/mol. The van der Waals surface area contributed by atoms with Gasteiger partial charge in [-0.3, -0.25) is 0 Å². The van der Waals surface area contributed by atoms with Crippen LogP contribution in [0.1, 0.15) is 35.8 Å². The van der Waals surface area contributed by atoms with E-state index in [1.807, 2.05) is 0 Å². The Hall–Kier alpha value is -2.72. The summed E-state index contributed by atoms with van der Waals surface area (Å²) in [5.74, 6) is 0.867. The van der Waals surface area contributed by atoms with Crippen LogP contribution in [-0.2, 0) is 6.42 Å². The lowest BCUT2D eigenvalue weighted by Gasteiger charge is -2.10. The smallest absolute Gasteiger partial charge is 0.143 e. The van der Waals surface area contributed by atoms with E-state index >= 15 is 0 Å². The summed E-state index contributed by atoms with van der Waals surface area (Å²) in [6, 6.07) is 17.4. The van der Waals surface area contributed by atoms with Crippen molar-refractivity contribution in [2.45, 2.75) is 40.0 Å². The van der Waals surface area contributed by atoms with Gasteiger partial charge in [0.15, 0.2) is 0 Å². The molecule has 0 amide bonds. The summed E-state index contributed by atoms with van der Waals surface area (Å²) in [7, 11) is 0. The van der Waals surface area contributed by atoms with Gasteiger partial charge >= 0.3 is 0 Å². The number of unbranched alkanes of at least 4 members (excludes halogenated alkanes) is 1. The summed E-state index contributed by atoms with van der Waals surface area (Å²) < 4.78 is 0. The largest absolute Gasteiger partial charge is 0.340 e. The average Bonchev–Trinajstić information content (AvgIpc) is 3.05. The second-order valence-electron chi connectivity index (χ2n) is 7.23. The van der Waals surface area contributed by atoms with Crippen molar-refractivity contribution in [2.24, 2.45) is 0 Å². The first-order valence-corrected chi connectivity index (χ1v) is 10.6. The predicted molar refractivity (Wildman–Crippen MR) is 121 cm³/mol. The number of aryl methyl sites for hydroxylation is 3. The minimum atomic E-state index is 0.867. The molecule has 4 heteroatoms. The number of thiophene rings is 1. The average molecular weight is 388 g/mol. The summed E-state index contributed by atoms with van der Waals surface area (Å²) in [6.07, 6.45) is 5.23. The molecule has 0 atom stereocenters. The van der Waals surface area contributed by atoms with E-state index in [0.29, 0.717) is 0 Å². The summed E-state index contributed by atoms with van der Waals surface area (Å²) in [5.41, 5.74) is 6.13. The summed E-state index contributed by atoms with van der Waals surface area (Å²) >= 11 is 1.72. The van der Waals surface area contributed by atoms with Gasteiger partial charge in [-0.2, -0.15) is 0 Å². The molecule has 2 aromatic carbocycles. The van der Waals surface area contributed by atoms with Gasteiger partial charge in [-0.05, 0) is 49.9 Å². The zero-order chi connectivity index (χ0) is 19.5. The molecule has 0 aliphatic carbocycles. The first-order chi connectivity index (χ1) is 13.7. The Kier molecular flexibility index (Phi) is 5.40. The van der Waals surface area contributed by atoms with E-state index in [2.05, 4.69) is 84.6 Å². The maximum atomic E-state index is 4.58. The predicted octanol–water partition coefficient (Wildman–Crippen LogP) is 7.06. The topological polar surface area (TPSA) is 37.8 Å². The van der Waals surface area contributed by atoms with Crippen LogP contribution in [0, 0.1) is 13.8 Å². The second-order valence-corrected chi connectivity index (χ2v) is 8.43. The zero-order valence-electron chi connectivity index (χ0n) is 16.6. The van der Waals surface area contributed by atoms with Crippen LogP contribution in [0.25, 0.3) is 21.3 Å². The zero-order valence-corrected chi connectivity index (χ0v) is 17.4. The Bertz CT molecular complexity index is 1080. The third-order valence-corrected chi connectivity index (χ3v) is 6.05. The molecule has 0 aliphatic rings. The van der Waals surface area contributed by atoms with E-state index in [-0.39, 0.29) is 0 Å². The first kappa shape index (κ1) is 18.6. The first-order valence-electron chi connectivity index (χ1n) is 9.83. The van der Waals surface area contributed by atoms with Crippen molar-refractivity contribution >= 4 is 33.1 Å². The van der Waals surface area contributed by atoms with Crippen LogP contribution in [-0.4, -0.2) is 9.97 Å². The van der Waals surface area contributed by atoms with Crippen molar-refractivity contribution in [3.8, 4) is 11.1 Å². The number of aromatic nitrogens is 2. The third-order valence-electron chi connectivity index (χ3n) is 5.04. The normalized spacial score (nSPS) is 11.1. The van der Waals surface area contributed by atoms with Gasteiger partial charge in [0.05, 0.1) is 5.39 Å². The highest BCUT2D eigenvalue weighted by Crippen LogP contribution is 2.41. The fourth-order valence-corrected chi connectivity index (χ4v) is 4.49. The molecule has 0 saturated heterocycles. The molecule has 2 aromatic heterocycles. The van der Waals surface area contributed by atoms with Crippen molar-refractivity contribution < 1.29 is 0 Å². The van der Waals surface area contributed by atoms with Crippen molar-refractivity contribution in [1.82, 2.24) is 9.97 Å². The SMILES string of the molecule is CCCCc1ccc(Nc2ncnc3sc(C)c(-c4ccc(C)cc4)c23)cc1. The van der Waals surface area contributed by atoms with Crippen LogP contribution < -0.4 is 5.32 Å². The molecular formula is C24H25N3S. The van der Waals surface area contributed by atoms with Gasteiger partial charge in [0, 0.05) is 16.1 Å². The molecule has 1 N–H and O–H groups in total. The van der Waals surface area contributed by atoms with Crippen LogP contribution in [0.3, 0.4) is 0 Å². The summed E-state index contributed by atoms with van der Waals surface area (Å²) in [4.78, 5) is 11.4. The van der Waals surface area contributed by atoms with E-state index in [0.717, 1.165) is 28.1 Å². The molecule has 142 valence electrons. The number of anilines is 2. The minimum absolute atomic E-state index is 0.867. The van der Waals surface area contributed by atoms with Crippen molar-refractivity contribution in [1.29, 1.82) is 0 Å². The molecule has 0 bridgehead atoms. The fourth-order valence-electron chi connectivity index (χ4n) is 3.48. The van der Waals surface area contributed by atoms with E-state index in [4.69, 9.17) is 0 Å². The van der Waals surface area contributed by atoms with E-state index in [9.17, 15) is 0 Å². The summed E-state index contributed by atoms with van der Waals surface area (Å²) in [6.45, 7) is 6.50. The Labute approximate surface area is 170 Å². The molecule has 4 rings (SSSR count). The fraction of sp³-hybridized carbons (Fsp3) is 0.250. The maximum absolute atomic E-state index is 4.58. The van der Waals surface area contributed by atoms with Gasteiger partial charge in [0.1, 0.15) is 17.0 Å². The van der Waals surface area contributed by atoms with Gasteiger partial charge in [0.2, 0.25) is 0 Å². The molecule has 28 heavy (non-hydrogen) atoms. The molecule has 2 heterocycles. The Morgan fingerprint density at radius 2 is 1.68 bits per heavy atom. The van der Waals surface area contributed by atoms with Crippen LogP contribution in [0.4, 0.5) is 11.5 Å². The van der Waals surface area contributed by atoms with Gasteiger partial charge < -0.3 is 5.32 Å². The van der Waals surface area contributed by atoms with Crippen LogP contribution >= 0.6 is 11.3 Å². The quantitative estimate of drug-likeness (QED) is 0.385. The molecule has 3 nitrogen and oxygen atoms in total. The van der Waals surface area contributed by atoms with Gasteiger partial charge in [-0.1, -0.05) is 55.3 Å². The standard InChI is InChI=1S/C24H25N3S/c1-4-5-6-18-9-13-20(14-10-18)27-23-22-21(19-11-7-16(2)8-12-19)17(3)28-24(22)26-15-25-23/h7-15H,4-6H2,1-3H3,(H,25,26,27). The van der Waals surface area contributed by atoms with E-state index < -0.39 is 0 Å². The van der Waals surface area contributed by atoms with Gasteiger partial charge in [0.25, 0.3) is 0 Å². The van der Waals surface area contributed by atoms with Gasteiger partial charge in [-0.25, -0.2) is 9.97 Å². The molecule has 0 unspecified atom stereocenters. The van der Waals surface area contributed by atoms with Crippen LogP contribution in [0.15, 0.2) is 54.9 Å². The summed E-state index contributed by atoms with van der Waals surface area (Å²) in [5, 5.41) is 4.62. The minimum Gasteiger partial charge on any atom is -0.340 e. The number of nitrogens with one attached hydrogen (secondary N) is 1. The number of hydrogen-bond acceptors (Lipinski definition) is 4. The van der Waals surface area contributed by atoms with Gasteiger partial charge in [-0.15, -0.1) is 11.3 Å². The van der Waals surface area contributed by atoms with Crippen molar-refractivity contribution in [3.63, 3.8) is 0 Å². The second kappa shape index (κ2) is 8.11. The number of hydrogen-bond donors (Lipinski definition) is 1. The Morgan fingerprint density at radius 3 is 2.39 bits per heavy atom. The Balaban J connectivity index is 1.72. The molecular weight excluding hydrogens is 362 g/mol. The third kappa shape index (κ3) is 3.78. The molecule has 4 aromatic rings. The molecule has 0 fully saturated rings. The molecule has 0 spiro atoms. The van der Waals surface area contributed by atoms with Crippen molar-refractivity contribution in [2.75, 3.05) is 5.32 Å². The number of rotatable bonds is 6. The van der Waals surface area contributed by atoms with Crippen LogP contribution in [0.2, 0.25) is 0 Å². The highest BCUT2D eigenvalue weighted by atomic mass is 32.1. The lowest BCUT2D eigenvalue weighted by Crippen LogP contribution is -1.96. The molecule has 0 radical (unpaired) electrons. The number of benzene rings is 2. The van der Waals surface area contributed by atoms with Crippen LogP contribution in [0.5, 0.6) is 0 Å².